The molecule has 0 radical (unpaired) electrons. The van der Waals surface area contributed by atoms with Gasteiger partial charge in [-0.15, -0.1) is 21.6 Å². The van der Waals surface area contributed by atoms with Crippen molar-refractivity contribution in [3.8, 4) is 12.1 Å². The molecule has 21 heavy (non-hydrogen) atoms. The predicted molar refractivity (Wildman–Crippen MR) is 82.9 cm³/mol. The number of thiophene rings is 1. The summed E-state index contributed by atoms with van der Waals surface area (Å²) in [5, 5.41) is 27.2. The van der Waals surface area contributed by atoms with Crippen molar-refractivity contribution in [1.29, 1.82) is 10.5 Å². The van der Waals surface area contributed by atoms with Crippen LogP contribution in [0.5, 0.6) is 0 Å². The minimum Gasteiger partial charge on any atom is -0.399 e. The fourth-order valence-corrected chi connectivity index (χ4v) is 2.92. The molecule has 0 spiro atoms. The lowest BCUT2D eigenvalue weighted by Crippen LogP contribution is -1.84. The van der Waals surface area contributed by atoms with E-state index >= 15 is 0 Å². The Labute approximate surface area is 127 Å². The van der Waals surface area contributed by atoms with Crippen LogP contribution < -0.4 is 5.73 Å². The van der Waals surface area contributed by atoms with Gasteiger partial charge in [-0.2, -0.15) is 10.5 Å². The maximum atomic E-state index is 9.26. The summed E-state index contributed by atoms with van der Waals surface area (Å²) >= 11 is 1.19. The molecule has 1 aromatic heterocycles. The van der Waals surface area contributed by atoms with E-state index in [4.69, 9.17) is 11.0 Å². The van der Waals surface area contributed by atoms with Crippen LogP contribution in [0, 0.1) is 29.6 Å². The molecular formula is C15H13N5S. The molecule has 0 bridgehead atoms. The molecule has 2 rings (SSSR count). The first-order chi connectivity index (χ1) is 10.1. The molecule has 104 valence electrons. The van der Waals surface area contributed by atoms with Crippen LogP contribution in [0.1, 0.15) is 28.5 Å². The molecule has 5 nitrogen and oxygen atoms in total. The van der Waals surface area contributed by atoms with E-state index in [1.54, 1.807) is 12.1 Å². The molecule has 1 heterocycles. The molecule has 0 aliphatic carbocycles. The van der Waals surface area contributed by atoms with E-state index in [0.717, 1.165) is 11.1 Å². The summed E-state index contributed by atoms with van der Waals surface area (Å²) in [6.07, 6.45) is 0.624. The van der Waals surface area contributed by atoms with E-state index in [-0.39, 0.29) is 0 Å². The molecule has 0 saturated heterocycles. The number of anilines is 1. The fourth-order valence-electron chi connectivity index (χ4n) is 1.96. The molecule has 0 fully saturated rings. The number of rotatable bonds is 3. The smallest absolute Gasteiger partial charge is 0.158 e. The van der Waals surface area contributed by atoms with Crippen molar-refractivity contribution < 1.29 is 0 Å². The minimum absolute atomic E-state index is 0.441. The first-order valence-corrected chi connectivity index (χ1v) is 7.16. The number of aryl methyl sites for hydroxylation is 1. The zero-order valence-electron chi connectivity index (χ0n) is 11.7. The van der Waals surface area contributed by atoms with Gasteiger partial charge in [0, 0.05) is 11.3 Å². The third kappa shape index (κ3) is 2.91. The number of hydrogen-bond acceptors (Lipinski definition) is 6. The summed E-state index contributed by atoms with van der Waals surface area (Å²) in [5.74, 6) is 0. The molecule has 0 amide bonds. The average Bonchev–Trinajstić information content (AvgIpc) is 2.83. The highest BCUT2D eigenvalue weighted by Gasteiger charge is 2.16. The van der Waals surface area contributed by atoms with Crippen molar-refractivity contribution in [2.45, 2.75) is 20.3 Å². The lowest BCUT2D eigenvalue weighted by Gasteiger charge is -1.99. The Morgan fingerprint density at radius 3 is 2.57 bits per heavy atom. The van der Waals surface area contributed by atoms with Crippen molar-refractivity contribution in [2.75, 3.05) is 5.73 Å². The van der Waals surface area contributed by atoms with Crippen molar-refractivity contribution in [2.24, 2.45) is 10.2 Å². The third-order valence-electron chi connectivity index (χ3n) is 3.02. The second-order valence-electron chi connectivity index (χ2n) is 4.41. The molecular weight excluding hydrogens is 282 g/mol. The van der Waals surface area contributed by atoms with Gasteiger partial charge in [0.1, 0.15) is 17.0 Å². The molecule has 0 unspecified atom stereocenters. The van der Waals surface area contributed by atoms with E-state index in [1.807, 2.05) is 19.9 Å². The van der Waals surface area contributed by atoms with Gasteiger partial charge in [-0.25, -0.2) is 0 Å². The van der Waals surface area contributed by atoms with Crippen LogP contribution in [0.25, 0.3) is 0 Å². The molecule has 1 aromatic carbocycles. The van der Waals surface area contributed by atoms with E-state index in [1.165, 1.54) is 11.3 Å². The summed E-state index contributed by atoms with van der Waals surface area (Å²) < 4.78 is 0. The van der Waals surface area contributed by atoms with E-state index < -0.39 is 0 Å². The summed E-state index contributed by atoms with van der Waals surface area (Å²) in [6, 6.07) is 9.56. The monoisotopic (exact) mass is 295 g/mol. The largest absolute Gasteiger partial charge is 0.399 e. The van der Waals surface area contributed by atoms with E-state index in [2.05, 4.69) is 22.4 Å². The van der Waals surface area contributed by atoms with Gasteiger partial charge in [0.25, 0.3) is 0 Å². The minimum atomic E-state index is 0.441. The SMILES string of the molecule is CCc1c(C#N)sc(N=Nc2ccc(N)cc2C)c1C#N. The normalized spacial score (nSPS) is 10.5. The number of nitriles is 2. The molecule has 2 aromatic rings. The number of hydrogen-bond donors (Lipinski definition) is 1. The third-order valence-corrected chi connectivity index (χ3v) is 4.05. The zero-order chi connectivity index (χ0) is 15.4. The van der Waals surface area contributed by atoms with Gasteiger partial charge in [0.15, 0.2) is 5.00 Å². The van der Waals surface area contributed by atoms with Crippen LogP contribution in [0.15, 0.2) is 28.4 Å². The van der Waals surface area contributed by atoms with Crippen molar-refractivity contribution in [1.82, 2.24) is 0 Å². The zero-order valence-corrected chi connectivity index (χ0v) is 12.5. The van der Waals surface area contributed by atoms with Crippen LogP contribution in [-0.4, -0.2) is 0 Å². The standard InChI is InChI=1S/C15H13N5S/c1-3-11-12(7-16)15(21-14(11)8-17)20-19-13-5-4-10(18)6-9(13)2/h4-6H,3,18H2,1-2H3. The highest BCUT2D eigenvalue weighted by Crippen LogP contribution is 2.36. The lowest BCUT2D eigenvalue weighted by molar-refractivity contribution is 1.13. The van der Waals surface area contributed by atoms with Gasteiger partial charge in [0.2, 0.25) is 0 Å². The molecule has 0 aliphatic heterocycles. The Balaban J connectivity index is 2.44. The topological polar surface area (TPSA) is 98.3 Å². The summed E-state index contributed by atoms with van der Waals surface area (Å²) in [7, 11) is 0. The van der Waals surface area contributed by atoms with Crippen LogP contribution in [-0.2, 0) is 6.42 Å². The van der Waals surface area contributed by atoms with Gasteiger partial charge >= 0.3 is 0 Å². The van der Waals surface area contributed by atoms with Gasteiger partial charge < -0.3 is 5.73 Å². The second kappa shape index (κ2) is 6.17. The van der Waals surface area contributed by atoms with E-state index in [0.29, 0.717) is 33.2 Å². The summed E-state index contributed by atoms with van der Waals surface area (Å²) in [5.41, 5.74) is 9.14. The number of benzene rings is 1. The molecule has 0 atom stereocenters. The van der Waals surface area contributed by atoms with Crippen LogP contribution >= 0.6 is 11.3 Å². The van der Waals surface area contributed by atoms with Crippen molar-refractivity contribution >= 4 is 27.7 Å². The Kier molecular flexibility index (Phi) is 4.32. The van der Waals surface area contributed by atoms with Gasteiger partial charge in [-0.05, 0) is 37.1 Å². The average molecular weight is 295 g/mol. The first kappa shape index (κ1) is 14.7. The Morgan fingerprint density at radius 1 is 1.24 bits per heavy atom. The fraction of sp³-hybridized carbons (Fsp3) is 0.200. The summed E-state index contributed by atoms with van der Waals surface area (Å²) in [6.45, 7) is 3.80. The number of nitrogens with two attached hydrogens (primary N) is 1. The highest BCUT2D eigenvalue weighted by molar-refractivity contribution is 7.16. The maximum absolute atomic E-state index is 9.26. The summed E-state index contributed by atoms with van der Waals surface area (Å²) in [4.78, 5) is 0.525. The second-order valence-corrected chi connectivity index (χ2v) is 5.41. The Bertz CT molecular complexity index is 790. The van der Waals surface area contributed by atoms with Crippen LogP contribution in [0.4, 0.5) is 16.4 Å². The molecule has 6 heteroatoms. The quantitative estimate of drug-likeness (QED) is 0.672. The number of nitrogen functional groups attached to an aromatic ring is 1. The maximum Gasteiger partial charge on any atom is 0.158 e. The van der Waals surface area contributed by atoms with Crippen molar-refractivity contribution in [3.63, 3.8) is 0 Å². The molecule has 0 aliphatic rings. The van der Waals surface area contributed by atoms with Gasteiger partial charge in [0.05, 0.1) is 11.3 Å². The van der Waals surface area contributed by atoms with Crippen LogP contribution in [0.3, 0.4) is 0 Å². The predicted octanol–water partition coefficient (Wildman–Crippen LogP) is 4.36. The molecule has 2 N–H and O–H groups in total. The van der Waals surface area contributed by atoms with Crippen LogP contribution in [0.2, 0.25) is 0 Å². The highest BCUT2D eigenvalue weighted by atomic mass is 32.1. The number of azo groups is 1. The van der Waals surface area contributed by atoms with E-state index in [9.17, 15) is 5.26 Å². The Morgan fingerprint density at radius 2 is 2.00 bits per heavy atom. The van der Waals surface area contributed by atoms with Gasteiger partial charge in [-0.3, -0.25) is 0 Å². The number of nitrogens with zero attached hydrogens (tertiary/aromatic N) is 4. The van der Waals surface area contributed by atoms with Gasteiger partial charge in [-0.1, -0.05) is 6.92 Å². The van der Waals surface area contributed by atoms with Crippen molar-refractivity contribution in [3.05, 3.63) is 39.8 Å². The Hall–Kier alpha value is -2.70. The lowest BCUT2D eigenvalue weighted by atomic mass is 10.1. The first-order valence-electron chi connectivity index (χ1n) is 6.34. The molecule has 0 saturated carbocycles.